The molecule has 32 heavy (non-hydrogen) atoms. The number of Topliss-reactive ketones (excluding diaryl/α,β-unsaturated/α-hetero) is 1. The van der Waals surface area contributed by atoms with Crippen molar-refractivity contribution in [3.8, 4) is 11.5 Å². The normalized spacial score (nSPS) is 12.2. The summed E-state index contributed by atoms with van der Waals surface area (Å²) in [5, 5.41) is 10.7. The van der Waals surface area contributed by atoms with Crippen LogP contribution in [0.2, 0.25) is 5.02 Å². The second-order valence-electron chi connectivity index (χ2n) is 6.00. The van der Waals surface area contributed by atoms with Gasteiger partial charge in [0, 0.05) is 5.56 Å². The maximum atomic E-state index is 12.7. The van der Waals surface area contributed by atoms with Gasteiger partial charge in [-0.25, -0.2) is 4.79 Å². The van der Waals surface area contributed by atoms with Gasteiger partial charge in [0.25, 0.3) is 0 Å². The third kappa shape index (κ3) is 7.08. The van der Waals surface area contributed by atoms with Gasteiger partial charge in [-0.3, -0.25) is 19.6 Å². The summed E-state index contributed by atoms with van der Waals surface area (Å²) in [6.07, 6.45) is -6.79. The van der Waals surface area contributed by atoms with E-state index in [1.807, 2.05) is 0 Å². The topological polar surface area (TPSA) is 105 Å². The van der Waals surface area contributed by atoms with Gasteiger partial charge in [0.05, 0.1) is 21.4 Å². The molecule has 0 amide bonds. The van der Waals surface area contributed by atoms with Crippen LogP contribution in [0.15, 0.2) is 42.5 Å². The molecule has 2 rings (SSSR count). The van der Waals surface area contributed by atoms with E-state index in [0.717, 1.165) is 12.1 Å². The van der Waals surface area contributed by atoms with Crippen molar-refractivity contribution in [2.45, 2.75) is 12.4 Å². The van der Waals surface area contributed by atoms with Gasteiger partial charge < -0.3 is 9.47 Å². The SMILES string of the molecule is O=C(COC(C(=O)OCCCl)[N+](=O)[O-])c1cccc(Oc2ccc(C(F)(F)F)cc2Cl)c1. The second-order valence-corrected chi connectivity index (χ2v) is 6.79. The molecule has 0 spiro atoms. The number of carbonyl (C=O) groups excluding carboxylic acids is 2. The minimum atomic E-state index is -4.58. The van der Waals surface area contributed by atoms with Gasteiger partial charge in [-0.15, -0.1) is 11.6 Å². The smallest absolute Gasteiger partial charge is 0.416 e. The van der Waals surface area contributed by atoms with Gasteiger partial charge in [-0.05, 0) is 30.3 Å². The molecule has 1 atom stereocenters. The summed E-state index contributed by atoms with van der Waals surface area (Å²) >= 11 is 11.2. The maximum Gasteiger partial charge on any atom is 0.416 e. The molecule has 0 aliphatic heterocycles. The van der Waals surface area contributed by atoms with E-state index in [2.05, 4.69) is 4.74 Å². The Morgan fingerprint density at radius 3 is 2.47 bits per heavy atom. The molecule has 0 bridgehead atoms. The minimum Gasteiger partial charge on any atom is -0.457 e. The molecule has 8 nitrogen and oxygen atoms in total. The van der Waals surface area contributed by atoms with Gasteiger partial charge >= 0.3 is 18.4 Å². The number of carbonyl (C=O) groups is 2. The third-order valence-electron chi connectivity index (χ3n) is 3.73. The van der Waals surface area contributed by atoms with Crippen LogP contribution in [0.1, 0.15) is 15.9 Å². The van der Waals surface area contributed by atoms with Crippen LogP contribution in [-0.4, -0.2) is 42.0 Å². The number of ether oxygens (including phenoxy) is 3. The molecule has 2 aromatic rings. The van der Waals surface area contributed by atoms with Gasteiger partial charge in [-0.1, -0.05) is 23.7 Å². The van der Waals surface area contributed by atoms with E-state index in [1.54, 1.807) is 0 Å². The van der Waals surface area contributed by atoms with E-state index in [4.69, 9.17) is 32.7 Å². The predicted molar refractivity (Wildman–Crippen MR) is 106 cm³/mol. The Labute approximate surface area is 188 Å². The minimum absolute atomic E-state index is 0.00163. The molecule has 0 aliphatic rings. The van der Waals surface area contributed by atoms with Crippen molar-refractivity contribution in [3.05, 3.63) is 68.7 Å². The number of ketones is 1. The van der Waals surface area contributed by atoms with E-state index >= 15 is 0 Å². The number of esters is 1. The van der Waals surface area contributed by atoms with Crippen molar-refractivity contribution in [1.82, 2.24) is 0 Å². The largest absolute Gasteiger partial charge is 0.457 e. The zero-order valence-corrected chi connectivity index (χ0v) is 17.4. The van der Waals surface area contributed by atoms with Gasteiger partial charge in [0.15, 0.2) is 5.78 Å². The summed E-state index contributed by atoms with van der Waals surface area (Å²) in [7, 11) is 0. The number of rotatable bonds is 10. The molecule has 0 aliphatic carbocycles. The van der Waals surface area contributed by atoms with Crippen LogP contribution in [-0.2, 0) is 20.4 Å². The highest BCUT2D eigenvalue weighted by molar-refractivity contribution is 6.32. The monoisotopic (exact) mass is 495 g/mol. The van der Waals surface area contributed by atoms with Crippen LogP contribution in [0.4, 0.5) is 13.2 Å². The lowest BCUT2D eigenvalue weighted by Gasteiger charge is -2.12. The fourth-order valence-corrected chi connectivity index (χ4v) is 2.58. The summed E-state index contributed by atoms with van der Waals surface area (Å²) < 4.78 is 52.9. The van der Waals surface area contributed by atoms with Gasteiger partial charge in [0.2, 0.25) is 0 Å². The number of nitrogens with zero attached hydrogens (tertiary/aromatic N) is 1. The van der Waals surface area contributed by atoms with Crippen molar-refractivity contribution in [1.29, 1.82) is 0 Å². The summed E-state index contributed by atoms with van der Waals surface area (Å²) in [4.78, 5) is 33.8. The van der Waals surface area contributed by atoms with Gasteiger partial charge in [0.1, 0.15) is 24.7 Å². The molecule has 0 radical (unpaired) electrons. The highest BCUT2D eigenvalue weighted by atomic mass is 35.5. The van der Waals surface area contributed by atoms with E-state index < -0.39 is 41.3 Å². The zero-order valence-electron chi connectivity index (χ0n) is 15.9. The molecular weight excluding hydrogens is 482 g/mol. The molecule has 2 aromatic carbocycles. The Bertz CT molecular complexity index is 1000. The maximum absolute atomic E-state index is 12.7. The number of benzene rings is 2. The number of halogens is 5. The van der Waals surface area contributed by atoms with Crippen molar-refractivity contribution < 1.29 is 41.9 Å². The standard InChI is InChI=1S/C19H14Cl2F3NO7/c20-6-7-30-18(27)17(25(28)29)31-10-15(26)11-2-1-3-13(8-11)32-16-5-4-12(9-14(16)21)19(22,23)24/h1-5,8-9,17H,6-7,10H2. The molecule has 0 fully saturated rings. The molecule has 1 unspecified atom stereocenters. The van der Waals surface area contributed by atoms with Crippen LogP contribution in [0.3, 0.4) is 0 Å². The molecule has 0 aromatic heterocycles. The molecule has 0 saturated heterocycles. The number of hydrogen-bond donors (Lipinski definition) is 0. The summed E-state index contributed by atoms with van der Waals surface area (Å²) in [6.45, 7) is -1.10. The predicted octanol–water partition coefficient (Wildman–Crippen LogP) is 4.74. The summed E-state index contributed by atoms with van der Waals surface area (Å²) in [6, 6.07) is 7.89. The average Bonchev–Trinajstić information content (AvgIpc) is 2.72. The lowest BCUT2D eigenvalue weighted by atomic mass is 10.1. The van der Waals surface area contributed by atoms with Crippen molar-refractivity contribution in [3.63, 3.8) is 0 Å². The lowest BCUT2D eigenvalue weighted by molar-refractivity contribution is -0.560. The molecule has 0 saturated carbocycles. The molecule has 13 heteroatoms. The number of hydrogen-bond acceptors (Lipinski definition) is 7. The summed E-state index contributed by atoms with van der Waals surface area (Å²) in [5.74, 6) is -2.14. The molecule has 172 valence electrons. The van der Waals surface area contributed by atoms with Gasteiger partial charge in [-0.2, -0.15) is 13.2 Å². The Hall–Kier alpha value is -2.89. The third-order valence-corrected chi connectivity index (χ3v) is 4.18. The van der Waals surface area contributed by atoms with Crippen LogP contribution < -0.4 is 4.74 Å². The van der Waals surface area contributed by atoms with E-state index in [9.17, 15) is 32.9 Å². The molecule has 0 heterocycles. The fraction of sp³-hybridized carbons (Fsp3) is 0.263. The highest BCUT2D eigenvalue weighted by Crippen LogP contribution is 2.36. The zero-order chi connectivity index (χ0) is 23.9. The lowest BCUT2D eigenvalue weighted by Crippen LogP contribution is -2.36. The average molecular weight is 496 g/mol. The van der Waals surface area contributed by atoms with Crippen LogP contribution in [0, 0.1) is 10.1 Å². The Morgan fingerprint density at radius 2 is 1.88 bits per heavy atom. The quantitative estimate of drug-likeness (QED) is 0.117. The Kier molecular flexibility index (Phi) is 8.81. The summed E-state index contributed by atoms with van der Waals surface area (Å²) in [5.41, 5.74) is -0.956. The first-order valence-electron chi connectivity index (χ1n) is 8.68. The first kappa shape index (κ1) is 25.4. The first-order chi connectivity index (χ1) is 15.0. The van der Waals surface area contributed by atoms with Crippen molar-refractivity contribution in [2.75, 3.05) is 19.1 Å². The van der Waals surface area contributed by atoms with E-state index in [1.165, 1.54) is 24.3 Å². The van der Waals surface area contributed by atoms with Crippen LogP contribution >= 0.6 is 23.2 Å². The Balaban J connectivity index is 2.08. The van der Waals surface area contributed by atoms with Crippen molar-refractivity contribution >= 4 is 35.0 Å². The number of nitro groups is 1. The van der Waals surface area contributed by atoms with Crippen LogP contribution in [0.25, 0.3) is 0 Å². The molecular formula is C19H14Cl2F3NO7. The van der Waals surface area contributed by atoms with E-state index in [-0.39, 0.29) is 34.6 Å². The highest BCUT2D eigenvalue weighted by Gasteiger charge is 2.33. The van der Waals surface area contributed by atoms with Crippen molar-refractivity contribution in [2.24, 2.45) is 0 Å². The van der Waals surface area contributed by atoms with Crippen LogP contribution in [0.5, 0.6) is 11.5 Å². The fourth-order valence-electron chi connectivity index (χ4n) is 2.28. The molecule has 0 N–H and O–H groups in total. The number of alkyl halides is 4. The Morgan fingerprint density at radius 1 is 1.16 bits per heavy atom. The van der Waals surface area contributed by atoms with E-state index in [0.29, 0.717) is 6.07 Å². The second kappa shape index (κ2) is 11.1. The first-order valence-corrected chi connectivity index (χ1v) is 9.59.